The van der Waals surface area contributed by atoms with Crippen LogP contribution in [0.1, 0.15) is 27.2 Å². The van der Waals surface area contributed by atoms with E-state index in [9.17, 15) is 4.79 Å². The molecule has 0 atom stereocenters. The van der Waals surface area contributed by atoms with Crippen LogP contribution in [-0.4, -0.2) is 23.2 Å². The number of hydrogen-bond donors (Lipinski definition) is 2. The normalized spacial score (nSPS) is 10.0. The molecular weight excluding hydrogens is 274 g/mol. The van der Waals surface area contributed by atoms with Crippen LogP contribution in [-0.2, 0) is 0 Å². The van der Waals surface area contributed by atoms with Crippen LogP contribution in [0.2, 0.25) is 0 Å². The lowest BCUT2D eigenvalue weighted by molar-refractivity contribution is 0.0963. The standard InChI is InChI=1S/C18H21N3O/c1-12-9-10-14(3)20-21-17(13(2)11-12)15-7-5-6-8-16(15)18(22)19-4/h5-11,20H,1-4H3,(H,19,22). The van der Waals surface area contributed by atoms with E-state index < -0.39 is 0 Å². The van der Waals surface area contributed by atoms with Gasteiger partial charge in [-0.15, -0.1) is 0 Å². The number of aryl methyl sites for hydroxylation is 3. The van der Waals surface area contributed by atoms with E-state index in [2.05, 4.69) is 21.6 Å². The van der Waals surface area contributed by atoms with Crippen molar-refractivity contribution in [2.45, 2.75) is 20.8 Å². The Bertz CT molecular complexity index is 746. The molecule has 2 rings (SSSR count). The van der Waals surface area contributed by atoms with Gasteiger partial charge < -0.3 is 5.32 Å². The number of nitrogens with zero attached hydrogens (tertiary/aromatic N) is 1. The van der Waals surface area contributed by atoms with Crippen LogP contribution in [0.25, 0.3) is 11.3 Å². The van der Waals surface area contributed by atoms with Crippen LogP contribution in [0.5, 0.6) is 0 Å². The maximum atomic E-state index is 12.1. The fourth-order valence-corrected chi connectivity index (χ4v) is 2.28. The Kier molecular flexibility index (Phi) is 4.94. The van der Waals surface area contributed by atoms with Gasteiger partial charge in [0, 0.05) is 23.9 Å². The second kappa shape index (κ2) is 6.89. The molecule has 0 spiro atoms. The monoisotopic (exact) mass is 295 g/mol. The van der Waals surface area contributed by atoms with Crippen LogP contribution in [0, 0.1) is 20.8 Å². The molecule has 1 aromatic carbocycles. The van der Waals surface area contributed by atoms with E-state index in [0.717, 1.165) is 28.1 Å². The van der Waals surface area contributed by atoms with E-state index in [0.29, 0.717) is 5.56 Å². The van der Waals surface area contributed by atoms with Crippen molar-refractivity contribution in [3.63, 3.8) is 0 Å². The molecule has 0 bridgehead atoms. The highest BCUT2D eigenvalue weighted by atomic mass is 16.1. The van der Waals surface area contributed by atoms with Gasteiger partial charge >= 0.3 is 0 Å². The van der Waals surface area contributed by atoms with Crippen molar-refractivity contribution in [3.8, 4) is 11.3 Å². The first-order valence-electron chi connectivity index (χ1n) is 7.22. The summed E-state index contributed by atoms with van der Waals surface area (Å²) in [7, 11) is 1.63. The Morgan fingerprint density at radius 2 is 1.82 bits per heavy atom. The SMILES string of the molecule is CNC(=O)c1ccccc1-c1n[nH]c(C)ccc(C)cc1C. The number of H-pyrrole nitrogens is 1. The number of aromatic nitrogens is 2. The molecule has 0 unspecified atom stereocenters. The number of hydrogen-bond acceptors (Lipinski definition) is 2. The first kappa shape index (κ1) is 15.8. The third kappa shape index (κ3) is 3.52. The molecular formula is C18H21N3O. The summed E-state index contributed by atoms with van der Waals surface area (Å²) < 4.78 is 0. The van der Waals surface area contributed by atoms with Crippen molar-refractivity contribution in [3.05, 3.63) is 64.8 Å². The second-order valence-corrected chi connectivity index (χ2v) is 5.28. The fraction of sp³-hybridized carbons (Fsp3) is 0.222. The molecule has 0 aliphatic heterocycles. The van der Waals surface area contributed by atoms with Gasteiger partial charge in [-0.2, -0.15) is 5.10 Å². The zero-order valence-corrected chi connectivity index (χ0v) is 13.4. The van der Waals surface area contributed by atoms with Gasteiger partial charge in [-0.3, -0.25) is 9.89 Å². The molecule has 0 aliphatic rings. The average molecular weight is 295 g/mol. The summed E-state index contributed by atoms with van der Waals surface area (Å²) in [6, 6.07) is 13.6. The van der Waals surface area contributed by atoms with Crippen molar-refractivity contribution in [2.24, 2.45) is 0 Å². The molecule has 0 saturated carbocycles. The summed E-state index contributed by atoms with van der Waals surface area (Å²) in [4.78, 5) is 12.1. The zero-order valence-electron chi connectivity index (χ0n) is 13.4. The highest BCUT2D eigenvalue weighted by Gasteiger charge is 2.13. The third-order valence-electron chi connectivity index (χ3n) is 3.41. The molecule has 0 aliphatic carbocycles. The Labute approximate surface area is 130 Å². The molecule has 0 radical (unpaired) electrons. The van der Waals surface area contributed by atoms with Crippen molar-refractivity contribution in [1.82, 2.24) is 15.5 Å². The van der Waals surface area contributed by atoms with E-state index in [1.54, 1.807) is 7.05 Å². The Morgan fingerprint density at radius 1 is 1.09 bits per heavy atom. The maximum Gasteiger partial charge on any atom is 0.251 e. The highest BCUT2D eigenvalue weighted by Crippen LogP contribution is 2.24. The van der Waals surface area contributed by atoms with Crippen LogP contribution in [0.3, 0.4) is 0 Å². The van der Waals surface area contributed by atoms with E-state index in [4.69, 9.17) is 0 Å². The Hall–Kier alpha value is -2.62. The number of amides is 1. The van der Waals surface area contributed by atoms with Crippen LogP contribution in [0.4, 0.5) is 0 Å². The quantitative estimate of drug-likeness (QED) is 0.891. The Balaban J connectivity index is 2.78. The van der Waals surface area contributed by atoms with Gasteiger partial charge in [0.25, 0.3) is 5.91 Å². The van der Waals surface area contributed by atoms with Crippen LogP contribution in [0.15, 0.2) is 42.5 Å². The van der Waals surface area contributed by atoms with Gasteiger partial charge in [0.15, 0.2) is 0 Å². The minimum absolute atomic E-state index is 0.120. The molecule has 0 saturated heterocycles. The fourth-order valence-electron chi connectivity index (χ4n) is 2.28. The van der Waals surface area contributed by atoms with Crippen molar-refractivity contribution < 1.29 is 4.79 Å². The molecule has 1 aromatic heterocycles. The number of carbonyl (C=O) groups is 1. The predicted molar refractivity (Wildman–Crippen MR) is 89.3 cm³/mol. The van der Waals surface area contributed by atoms with E-state index >= 15 is 0 Å². The van der Waals surface area contributed by atoms with Gasteiger partial charge in [0.2, 0.25) is 0 Å². The number of rotatable bonds is 2. The van der Waals surface area contributed by atoms with Crippen molar-refractivity contribution in [2.75, 3.05) is 7.05 Å². The van der Waals surface area contributed by atoms with Crippen LogP contribution < -0.4 is 5.32 Å². The number of nitrogens with one attached hydrogen (secondary N) is 2. The lowest BCUT2D eigenvalue weighted by Gasteiger charge is -2.08. The van der Waals surface area contributed by atoms with E-state index in [-0.39, 0.29) is 5.91 Å². The molecule has 4 nitrogen and oxygen atoms in total. The first-order valence-corrected chi connectivity index (χ1v) is 7.22. The second-order valence-electron chi connectivity index (χ2n) is 5.28. The molecule has 1 heterocycles. The zero-order chi connectivity index (χ0) is 16.1. The minimum Gasteiger partial charge on any atom is -0.355 e. The maximum absolute atomic E-state index is 12.1. The molecule has 114 valence electrons. The van der Waals surface area contributed by atoms with Crippen molar-refractivity contribution >= 4 is 5.91 Å². The summed E-state index contributed by atoms with van der Waals surface area (Å²) in [6.45, 7) is 6.00. The van der Waals surface area contributed by atoms with Crippen LogP contribution >= 0.6 is 0 Å². The minimum atomic E-state index is -0.120. The molecule has 1 amide bonds. The van der Waals surface area contributed by atoms with E-state index in [1.165, 1.54) is 0 Å². The summed E-state index contributed by atoms with van der Waals surface area (Å²) in [5, 5.41) is 10.2. The first-order chi connectivity index (χ1) is 10.5. The summed E-state index contributed by atoms with van der Waals surface area (Å²) in [5.41, 5.74) is 5.26. The Morgan fingerprint density at radius 3 is 2.55 bits per heavy atom. The topological polar surface area (TPSA) is 57.8 Å². The van der Waals surface area contributed by atoms with Gasteiger partial charge in [-0.1, -0.05) is 35.9 Å². The third-order valence-corrected chi connectivity index (χ3v) is 3.41. The molecule has 22 heavy (non-hydrogen) atoms. The summed E-state index contributed by atoms with van der Waals surface area (Å²) in [6.07, 6.45) is 0. The predicted octanol–water partition coefficient (Wildman–Crippen LogP) is 3.49. The molecule has 4 heteroatoms. The molecule has 0 fully saturated rings. The number of carbonyl (C=O) groups excluding carboxylic acids is 1. The number of aromatic amines is 1. The van der Waals surface area contributed by atoms with E-state index in [1.807, 2.05) is 57.2 Å². The molecule has 2 aromatic rings. The lowest BCUT2D eigenvalue weighted by Crippen LogP contribution is -2.18. The smallest absolute Gasteiger partial charge is 0.251 e. The number of benzene rings is 1. The van der Waals surface area contributed by atoms with Gasteiger partial charge in [0.05, 0.1) is 5.69 Å². The summed E-state index contributed by atoms with van der Waals surface area (Å²) >= 11 is 0. The van der Waals surface area contributed by atoms with Gasteiger partial charge in [-0.05, 0) is 38.5 Å². The summed E-state index contributed by atoms with van der Waals surface area (Å²) in [5.74, 6) is -0.120. The molecule has 2 N–H and O–H groups in total. The van der Waals surface area contributed by atoms with Gasteiger partial charge in [0.1, 0.15) is 0 Å². The average Bonchev–Trinajstić information content (AvgIpc) is 2.57. The largest absolute Gasteiger partial charge is 0.355 e. The van der Waals surface area contributed by atoms with Gasteiger partial charge in [-0.25, -0.2) is 0 Å². The lowest BCUT2D eigenvalue weighted by atomic mass is 10.0. The van der Waals surface area contributed by atoms with Crippen molar-refractivity contribution in [1.29, 1.82) is 0 Å². The highest BCUT2D eigenvalue weighted by molar-refractivity contribution is 6.00.